The zero-order valence-corrected chi connectivity index (χ0v) is 11.3. The van der Waals surface area contributed by atoms with Crippen LogP contribution in [0.4, 0.5) is 4.39 Å². The summed E-state index contributed by atoms with van der Waals surface area (Å²) in [5.41, 5.74) is 6.70. The molecule has 0 unspecified atom stereocenters. The molecule has 1 aromatic rings. The summed E-state index contributed by atoms with van der Waals surface area (Å²) in [6, 6.07) is 4.46. The molecule has 0 bridgehead atoms. The summed E-state index contributed by atoms with van der Waals surface area (Å²) < 4.78 is 23.9. The first-order chi connectivity index (χ1) is 8.63. The van der Waals surface area contributed by atoms with Gasteiger partial charge >= 0.3 is 0 Å². The van der Waals surface area contributed by atoms with Gasteiger partial charge in [0, 0.05) is 12.2 Å². The molecule has 1 aromatic carbocycles. The molecule has 18 heavy (non-hydrogen) atoms. The fourth-order valence-corrected chi connectivity index (χ4v) is 1.55. The average molecular weight is 271 g/mol. The molecule has 0 amide bonds. The first kappa shape index (κ1) is 15.0. The van der Waals surface area contributed by atoms with Gasteiger partial charge in [-0.25, -0.2) is 4.39 Å². The fraction of sp³-hybridized carbons (Fsp3) is 0.462. The molecule has 2 N–H and O–H groups in total. The Kier molecular flexibility index (Phi) is 6.78. The minimum absolute atomic E-state index is 0.182. The molecule has 0 spiro atoms. The molecule has 0 aliphatic rings. The highest BCUT2D eigenvalue weighted by atomic mass is 32.1. The van der Waals surface area contributed by atoms with Crippen LogP contribution in [0.15, 0.2) is 18.2 Å². The molecule has 0 fully saturated rings. The van der Waals surface area contributed by atoms with Gasteiger partial charge in [0.05, 0.1) is 19.8 Å². The Balaban J connectivity index is 2.40. The molecule has 0 atom stereocenters. The predicted octanol–water partition coefficient (Wildman–Crippen LogP) is 2.40. The van der Waals surface area contributed by atoms with Crippen molar-refractivity contribution < 1.29 is 13.9 Å². The summed E-state index contributed by atoms with van der Waals surface area (Å²) in [6.07, 6.45) is 0.987. The van der Waals surface area contributed by atoms with E-state index in [2.05, 4.69) is 0 Å². The van der Waals surface area contributed by atoms with E-state index >= 15 is 0 Å². The van der Waals surface area contributed by atoms with Crippen molar-refractivity contribution in [2.24, 2.45) is 5.73 Å². The second-order valence-electron chi connectivity index (χ2n) is 3.88. The lowest BCUT2D eigenvalue weighted by molar-refractivity contribution is 0.0408. The van der Waals surface area contributed by atoms with Crippen LogP contribution in [0.2, 0.25) is 0 Å². The van der Waals surface area contributed by atoms with Crippen molar-refractivity contribution in [3.63, 3.8) is 0 Å². The van der Waals surface area contributed by atoms with Crippen LogP contribution >= 0.6 is 12.2 Å². The minimum Gasteiger partial charge on any atom is -0.389 e. The Hall–Kier alpha value is -1.04. The Morgan fingerprint density at radius 2 is 1.94 bits per heavy atom. The Labute approximate surface area is 112 Å². The molecule has 0 aliphatic heterocycles. The molecule has 0 radical (unpaired) electrons. The standard InChI is InChI=1S/C13H18FNO2S/c1-2-3-16-4-5-17-9-10-6-11(13(15)18)8-12(14)7-10/h6-8H,2-5,9H2,1H3,(H2,15,18). The average Bonchev–Trinajstić information content (AvgIpc) is 2.33. The first-order valence-corrected chi connectivity index (χ1v) is 6.29. The Bertz CT molecular complexity index is 399. The summed E-state index contributed by atoms with van der Waals surface area (Å²) in [5, 5.41) is 0. The largest absolute Gasteiger partial charge is 0.389 e. The number of nitrogens with two attached hydrogens (primary N) is 1. The summed E-state index contributed by atoms with van der Waals surface area (Å²) in [4.78, 5) is 0.182. The van der Waals surface area contributed by atoms with Crippen LogP contribution in [0.3, 0.4) is 0 Å². The second-order valence-corrected chi connectivity index (χ2v) is 4.32. The number of hydrogen-bond acceptors (Lipinski definition) is 3. The van der Waals surface area contributed by atoms with Crippen LogP contribution < -0.4 is 5.73 Å². The van der Waals surface area contributed by atoms with Crippen molar-refractivity contribution in [2.75, 3.05) is 19.8 Å². The molecular weight excluding hydrogens is 253 g/mol. The first-order valence-electron chi connectivity index (χ1n) is 5.88. The van der Waals surface area contributed by atoms with E-state index < -0.39 is 0 Å². The third-order valence-corrected chi connectivity index (χ3v) is 2.47. The van der Waals surface area contributed by atoms with Crippen molar-refractivity contribution in [3.8, 4) is 0 Å². The number of halogens is 1. The number of benzene rings is 1. The molecule has 0 aliphatic carbocycles. The Morgan fingerprint density at radius 1 is 1.22 bits per heavy atom. The van der Waals surface area contributed by atoms with E-state index in [1.165, 1.54) is 12.1 Å². The molecule has 0 saturated carbocycles. The number of thiocarbonyl (C=S) groups is 1. The molecule has 0 saturated heterocycles. The normalized spacial score (nSPS) is 10.6. The van der Waals surface area contributed by atoms with Crippen LogP contribution in [-0.2, 0) is 16.1 Å². The van der Waals surface area contributed by atoms with Crippen molar-refractivity contribution in [1.29, 1.82) is 0 Å². The summed E-state index contributed by atoms with van der Waals surface area (Å²) in [7, 11) is 0. The van der Waals surface area contributed by atoms with Crippen LogP contribution in [0.5, 0.6) is 0 Å². The maximum atomic E-state index is 13.3. The van der Waals surface area contributed by atoms with Crippen molar-refractivity contribution >= 4 is 17.2 Å². The van der Waals surface area contributed by atoms with Gasteiger partial charge < -0.3 is 15.2 Å². The molecule has 0 heterocycles. The van der Waals surface area contributed by atoms with Gasteiger partial charge in [-0.05, 0) is 30.2 Å². The fourth-order valence-electron chi connectivity index (χ4n) is 1.43. The number of ether oxygens (including phenoxy) is 2. The quantitative estimate of drug-likeness (QED) is 0.582. The highest BCUT2D eigenvalue weighted by Crippen LogP contribution is 2.10. The minimum atomic E-state index is -0.360. The van der Waals surface area contributed by atoms with E-state index in [0.717, 1.165) is 13.0 Å². The maximum Gasteiger partial charge on any atom is 0.124 e. The molecule has 100 valence electrons. The third kappa shape index (κ3) is 5.53. The van der Waals surface area contributed by atoms with Gasteiger partial charge in [0.2, 0.25) is 0 Å². The van der Waals surface area contributed by atoms with Gasteiger partial charge in [0.1, 0.15) is 10.8 Å². The predicted molar refractivity (Wildman–Crippen MR) is 73.1 cm³/mol. The van der Waals surface area contributed by atoms with Crippen molar-refractivity contribution in [3.05, 3.63) is 35.1 Å². The third-order valence-electron chi connectivity index (χ3n) is 2.23. The van der Waals surface area contributed by atoms with E-state index in [-0.39, 0.29) is 10.8 Å². The lowest BCUT2D eigenvalue weighted by atomic mass is 10.1. The molecule has 5 heteroatoms. The molecule has 3 nitrogen and oxygen atoms in total. The zero-order chi connectivity index (χ0) is 13.4. The van der Waals surface area contributed by atoms with Crippen LogP contribution in [0, 0.1) is 5.82 Å². The summed E-state index contributed by atoms with van der Waals surface area (Å²) in [5.74, 6) is -0.360. The van der Waals surface area contributed by atoms with E-state index in [1.54, 1.807) is 6.07 Å². The lowest BCUT2D eigenvalue weighted by Crippen LogP contribution is -2.11. The molecular formula is C13H18FNO2S. The van der Waals surface area contributed by atoms with Crippen LogP contribution in [0.25, 0.3) is 0 Å². The summed E-state index contributed by atoms with van der Waals surface area (Å²) >= 11 is 4.81. The van der Waals surface area contributed by atoms with Crippen LogP contribution in [0.1, 0.15) is 24.5 Å². The molecule has 0 aromatic heterocycles. The van der Waals surface area contributed by atoms with Gasteiger partial charge in [0.15, 0.2) is 0 Å². The van der Waals surface area contributed by atoms with E-state index in [4.69, 9.17) is 27.4 Å². The van der Waals surface area contributed by atoms with E-state index in [9.17, 15) is 4.39 Å². The highest BCUT2D eigenvalue weighted by Gasteiger charge is 2.03. The van der Waals surface area contributed by atoms with E-state index in [0.29, 0.717) is 30.9 Å². The second kappa shape index (κ2) is 8.13. The topological polar surface area (TPSA) is 44.5 Å². The van der Waals surface area contributed by atoms with Gasteiger partial charge in [-0.2, -0.15) is 0 Å². The monoisotopic (exact) mass is 271 g/mol. The smallest absolute Gasteiger partial charge is 0.124 e. The maximum absolute atomic E-state index is 13.3. The SMILES string of the molecule is CCCOCCOCc1cc(F)cc(C(N)=S)c1. The Morgan fingerprint density at radius 3 is 2.61 bits per heavy atom. The van der Waals surface area contributed by atoms with E-state index in [1.807, 2.05) is 6.92 Å². The molecule has 1 rings (SSSR count). The number of rotatable bonds is 8. The zero-order valence-electron chi connectivity index (χ0n) is 10.4. The lowest BCUT2D eigenvalue weighted by Gasteiger charge is -2.07. The summed E-state index contributed by atoms with van der Waals surface area (Å²) in [6.45, 7) is 4.13. The van der Waals surface area contributed by atoms with Crippen molar-refractivity contribution in [1.82, 2.24) is 0 Å². The van der Waals surface area contributed by atoms with Gasteiger partial charge in [-0.3, -0.25) is 0 Å². The van der Waals surface area contributed by atoms with Gasteiger partial charge in [-0.1, -0.05) is 19.1 Å². The number of hydrogen-bond donors (Lipinski definition) is 1. The highest BCUT2D eigenvalue weighted by molar-refractivity contribution is 7.80. The van der Waals surface area contributed by atoms with Crippen LogP contribution in [-0.4, -0.2) is 24.8 Å². The van der Waals surface area contributed by atoms with Crippen molar-refractivity contribution in [2.45, 2.75) is 20.0 Å². The van der Waals surface area contributed by atoms with Gasteiger partial charge in [-0.15, -0.1) is 0 Å². The van der Waals surface area contributed by atoms with Gasteiger partial charge in [0.25, 0.3) is 0 Å².